The molecule has 0 radical (unpaired) electrons. The Labute approximate surface area is 470 Å². The van der Waals surface area contributed by atoms with Gasteiger partial charge in [0, 0.05) is 19.3 Å². The summed E-state index contributed by atoms with van der Waals surface area (Å²) >= 11 is 0. The summed E-state index contributed by atoms with van der Waals surface area (Å²) in [5.41, 5.74) is 0. The summed E-state index contributed by atoms with van der Waals surface area (Å²) in [6.07, 6.45) is 85.6. The Morgan fingerprint density at radius 1 is 0.276 bits per heavy atom. The first-order valence-corrected chi connectivity index (χ1v) is 32.2. The van der Waals surface area contributed by atoms with E-state index in [9.17, 15) is 14.4 Å². The maximum atomic E-state index is 12.9. The van der Waals surface area contributed by atoms with Crippen LogP contribution in [0.2, 0.25) is 0 Å². The third-order valence-corrected chi connectivity index (χ3v) is 13.8. The summed E-state index contributed by atoms with van der Waals surface area (Å²) in [7, 11) is 0. The van der Waals surface area contributed by atoms with E-state index in [1.54, 1.807) is 0 Å². The highest BCUT2D eigenvalue weighted by atomic mass is 16.6. The highest BCUT2D eigenvalue weighted by molar-refractivity contribution is 5.71. The lowest BCUT2D eigenvalue weighted by Crippen LogP contribution is -2.30. The van der Waals surface area contributed by atoms with Gasteiger partial charge in [-0.1, -0.05) is 291 Å². The molecule has 1 unspecified atom stereocenters. The number of carbonyl (C=O) groups excluding carboxylic acids is 3. The molecule has 0 saturated carbocycles. The van der Waals surface area contributed by atoms with Crippen LogP contribution in [-0.4, -0.2) is 37.2 Å². The Morgan fingerprint density at radius 2 is 0.513 bits per heavy atom. The number of esters is 3. The molecule has 0 spiro atoms. The molecule has 0 aromatic rings. The van der Waals surface area contributed by atoms with Gasteiger partial charge in [0.25, 0.3) is 0 Å². The van der Waals surface area contributed by atoms with Gasteiger partial charge in [-0.25, -0.2) is 0 Å². The quantitative estimate of drug-likeness (QED) is 0.0261. The van der Waals surface area contributed by atoms with E-state index in [0.29, 0.717) is 19.3 Å². The van der Waals surface area contributed by atoms with E-state index >= 15 is 0 Å². The van der Waals surface area contributed by atoms with Crippen LogP contribution in [0.1, 0.15) is 310 Å². The number of unbranched alkanes of at least 4 members (excludes halogenated alkanes) is 31. The van der Waals surface area contributed by atoms with Gasteiger partial charge in [-0.3, -0.25) is 14.4 Å². The third kappa shape index (κ3) is 61.2. The van der Waals surface area contributed by atoms with Crippen LogP contribution in [0, 0.1) is 0 Å². The number of rotatable bonds is 58. The Morgan fingerprint density at radius 3 is 0.829 bits per heavy atom. The first kappa shape index (κ1) is 72.3. The van der Waals surface area contributed by atoms with Crippen LogP contribution < -0.4 is 0 Å². The van der Waals surface area contributed by atoms with Crippen molar-refractivity contribution in [2.45, 2.75) is 316 Å². The van der Waals surface area contributed by atoms with Crippen LogP contribution in [0.25, 0.3) is 0 Å². The van der Waals surface area contributed by atoms with Crippen LogP contribution >= 0.6 is 0 Å². The van der Waals surface area contributed by atoms with Gasteiger partial charge in [0.2, 0.25) is 0 Å². The predicted octanol–water partition coefficient (Wildman–Crippen LogP) is 22.0. The zero-order chi connectivity index (χ0) is 55.0. The second kappa shape index (κ2) is 63.9. The molecule has 1 atom stereocenters. The van der Waals surface area contributed by atoms with Gasteiger partial charge >= 0.3 is 17.9 Å². The minimum Gasteiger partial charge on any atom is -0.462 e. The SMILES string of the molecule is CC/C=C\C/C=C\C/C=C\C/C=C\CCCCCCCCCCCCCCCCC(=O)OCC(COC(=O)CCCC/C=C\C/C=C\C/C=C\C/C=C\CC)OC(=O)CCCCCCCCCCCCCCCCCC. The fourth-order valence-electron chi connectivity index (χ4n) is 9.07. The van der Waals surface area contributed by atoms with E-state index < -0.39 is 6.10 Å². The molecule has 0 aliphatic rings. The van der Waals surface area contributed by atoms with E-state index in [1.807, 2.05) is 0 Å². The minimum atomic E-state index is -0.794. The van der Waals surface area contributed by atoms with Gasteiger partial charge in [0.1, 0.15) is 13.2 Å². The lowest BCUT2D eigenvalue weighted by Gasteiger charge is -2.18. The molecule has 0 aromatic carbocycles. The fraction of sp³-hybridized carbons (Fsp3) is 0.729. The number of ether oxygens (including phenoxy) is 3. The van der Waals surface area contributed by atoms with Gasteiger partial charge < -0.3 is 14.2 Å². The second-order valence-electron chi connectivity index (χ2n) is 21.3. The Kier molecular flexibility index (Phi) is 60.8. The molecule has 0 heterocycles. The average molecular weight is 1060 g/mol. The summed E-state index contributed by atoms with van der Waals surface area (Å²) in [6, 6.07) is 0. The van der Waals surface area contributed by atoms with Gasteiger partial charge in [0.05, 0.1) is 0 Å². The van der Waals surface area contributed by atoms with Crippen LogP contribution in [-0.2, 0) is 28.6 Å². The normalized spacial score (nSPS) is 12.7. The van der Waals surface area contributed by atoms with Crippen LogP contribution in [0.4, 0.5) is 0 Å². The lowest BCUT2D eigenvalue weighted by atomic mass is 10.0. The van der Waals surface area contributed by atoms with E-state index in [2.05, 4.69) is 118 Å². The molecular formula is C70H120O6. The second-order valence-corrected chi connectivity index (χ2v) is 21.3. The smallest absolute Gasteiger partial charge is 0.306 e. The molecule has 0 aliphatic carbocycles. The summed E-state index contributed by atoms with van der Waals surface area (Å²) < 4.78 is 16.9. The van der Waals surface area contributed by atoms with Crippen molar-refractivity contribution in [3.63, 3.8) is 0 Å². The molecule has 6 nitrogen and oxygen atoms in total. The van der Waals surface area contributed by atoms with Crippen molar-refractivity contribution in [1.29, 1.82) is 0 Å². The van der Waals surface area contributed by atoms with E-state index in [0.717, 1.165) is 109 Å². The maximum absolute atomic E-state index is 12.9. The fourth-order valence-corrected chi connectivity index (χ4v) is 9.07. The van der Waals surface area contributed by atoms with E-state index in [-0.39, 0.29) is 31.1 Å². The zero-order valence-electron chi connectivity index (χ0n) is 50.0. The molecule has 0 bridgehead atoms. The van der Waals surface area contributed by atoms with Gasteiger partial charge in [-0.05, 0) is 96.3 Å². The van der Waals surface area contributed by atoms with E-state index in [1.165, 1.54) is 161 Å². The largest absolute Gasteiger partial charge is 0.462 e. The molecule has 0 rings (SSSR count). The molecule has 0 N–H and O–H groups in total. The van der Waals surface area contributed by atoms with Crippen molar-refractivity contribution in [3.05, 3.63) is 97.2 Å². The predicted molar refractivity (Wildman–Crippen MR) is 330 cm³/mol. The molecule has 0 amide bonds. The zero-order valence-corrected chi connectivity index (χ0v) is 50.0. The molecule has 0 fully saturated rings. The van der Waals surface area contributed by atoms with Crippen LogP contribution in [0.15, 0.2) is 97.2 Å². The number of allylic oxidation sites excluding steroid dienone is 16. The molecular weight excluding hydrogens is 937 g/mol. The first-order chi connectivity index (χ1) is 37.5. The lowest BCUT2D eigenvalue weighted by molar-refractivity contribution is -0.167. The van der Waals surface area contributed by atoms with Gasteiger partial charge in [-0.2, -0.15) is 0 Å². The number of hydrogen-bond donors (Lipinski definition) is 0. The number of carbonyl (C=O) groups is 3. The molecule has 0 aromatic heterocycles. The van der Waals surface area contributed by atoms with E-state index in [4.69, 9.17) is 14.2 Å². The summed E-state index contributed by atoms with van der Waals surface area (Å²) in [4.78, 5) is 38.3. The standard InChI is InChI=1S/C70H120O6/c1-4-7-10-13-16-19-22-25-28-30-31-32-33-34-35-36-37-38-39-40-43-45-48-51-54-57-60-63-69(72)75-66-67(65-74-68(71)62-59-56-53-50-47-44-41-27-24-21-18-15-12-9-6-3)76-70(73)64-61-58-55-52-49-46-42-29-26-23-20-17-14-11-8-5-2/h7,9-10,12,16,18-19,21,25,27-28,31-32,41,47,50,67H,4-6,8,11,13-15,17,20,22-24,26,29-30,33-40,42-46,48-49,51-66H2,1-3H3/b10-7-,12-9-,19-16-,21-18-,28-25-,32-31-,41-27-,50-47-. The summed E-state index contributed by atoms with van der Waals surface area (Å²) in [5.74, 6) is -0.919. The summed E-state index contributed by atoms with van der Waals surface area (Å²) in [6.45, 7) is 6.41. The van der Waals surface area contributed by atoms with Crippen molar-refractivity contribution in [1.82, 2.24) is 0 Å². The summed E-state index contributed by atoms with van der Waals surface area (Å²) in [5, 5.41) is 0. The highest BCUT2D eigenvalue weighted by Crippen LogP contribution is 2.17. The topological polar surface area (TPSA) is 78.9 Å². The van der Waals surface area contributed by atoms with Crippen LogP contribution in [0.5, 0.6) is 0 Å². The van der Waals surface area contributed by atoms with Crippen molar-refractivity contribution in [2.75, 3.05) is 13.2 Å². The molecule has 436 valence electrons. The average Bonchev–Trinajstić information content (AvgIpc) is 3.42. The minimum absolute atomic E-state index is 0.0880. The van der Waals surface area contributed by atoms with Crippen molar-refractivity contribution in [3.8, 4) is 0 Å². The van der Waals surface area contributed by atoms with Crippen molar-refractivity contribution >= 4 is 17.9 Å². The number of hydrogen-bond acceptors (Lipinski definition) is 6. The van der Waals surface area contributed by atoms with Gasteiger partial charge in [0.15, 0.2) is 6.10 Å². The third-order valence-electron chi connectivity index (χ3n) is 13.8. The Balaban J connectivity index is 4.30. The monoisotopic (exact) mass is 1060 g/mol. The molecule has 6 heteroatoms. The first-order valence-electron chi connectivity index (χ1n) is 32.2. The Hall–Kier alpha value is -3.67. The molecule has 0 saturated heterocycles. The van der Waals surface area contributed by atoms with Crippen LogP contribution in [0.3, 0.4) is 0 Å². The maximum Gasteiger partial charge on any atom is 0.306 e. The molecule has 76 heavy (non-hydrogen) atoms. The molecule has 0 aliphatic heterocycles. The highest BCUT2D eigenvalue weighted by Gasteiger charge is 2.19. The van der Waals surface area contributed by atoms with Crippen molar-refractivity contribution in [2.24, 2.45) is 0 Å². The van der Waals surface area contributed by atoms with Crippen molar-refractivity contribution < 1.29 is 28.6 Å². The Bertz CT molecular complexity index is 1490. The van der Waals surface area contributed by atoms with Gasteiger partial charge in [-0.15, -0.1) is 0 Å².